The van der Waals surface area contributed by atoms with E-state index in [4.69, 9.17) is 21.1 Å². The standard InChI is InChI=1S/C21H19ClN2O5S/c1-28-19-12-17(21(25)23-15-6-4-3-5-7-15)18(13-20(19)29-2)24-30(26,27)16-10-8-14(22)9-11-16/h3-13,24H,1-2H3,(H,23,25). The third-order valence-electron chi connectivity index (χ3n) is 4.17. The number of rotatable bonds is 7. The van der Waals surface area contributed by atoms with Gasteiger partial charge in [0.05, 0.1) is 30.4 Å². The first-order valence-electron chi connectivity index (χ1n) is 8.75. The van der Waals surface area contributed by atoms with Crippen LogP contribution in [0.25, 0.3) is 0 Å². The van der Waals surface area contributed by atoms with E-state index < -0.39 is 15.9 Å². The summed E-state index contributed by atoms with van der Waals surface area (Å²) in [6.07, 6.45) is 0. The molecule has 3 rings (SSSR count). The molecule has 9 heteroatoms. The summed E-state index contributed by atoms with van der Waals surface area (Å²) < 4.78 is 38.7. The maximum atomic E-state index is 12.9. The Kier molecular flexibility index (Phi) is 6.49. The van der Waals surface area contributed by atoms with E-state index >= 15 is 0 Å². The fourth-order valence-corrected chi connectivity index (χ4v) is 3.89. The van der Waals surface area contributed by atoms with Gasteiger partial charge in [0.25, 0.3) is 15.9 Å². The molecule has 3 aromatic carbocycles. The quantitative estimate of drug-likeness (QED) is 0.560. The van der Waals surface area contributed by atoms with Gasteiger partial charge in [0, 0.05) is 16.8 Å². The molecule has 3 aromatic rings. The Balaban J connectivity index is 2.03. The van der Waals surface area contributed by atoms with Gasteiger partial charge in [0.2, 0.25) is 0 Å². The van der Waals surface area contributed by atoms with Crippen molar-refractivity contribution in [3.05, 3.63) is 77.3 Å². The minimum absolute atomic E-state index is 0.00361. The van der Waals surface area contributed by atoms with Gasteiger partial charge >= 0.3 is 0 Å². The zero-order valence-electron chi connectivity index (χ0n) is 16.2. The van der Waals surface area contributed by atoms with E-state index in [0.29, 0.717) is 10.7 Å². The Hall–Kier alpha value is -3.23. The molecule has 0 unspecified atom stereocenters. The number of sulfonamides is 1. The Morgan fingerprint density at radius 3 is 2.10 bits per heavy atom. The van der Waals surface area contributed by atoms with E-state index in [1.54, 1.807) is 24.3 Å². The van der Waals surface area contributed by atoms with E-state index in [2.05, 4.69) is 10.0 Å². The van der Waals surface area contributed by atoms with E-state index in [1.165, 1.54) is 50.6 Å². The molecule has 0 saturated heterocycles. The number of hydrogen-bond donors (Lipinski definition) is 2. The van der Waals surface area contributed by atoms with Gasteiger partial charge in [-0.15, -0.1) is 0 Å². The summed E-state index contributed by atoms with van der Waals surface area (Å²) >= 11 is 5.84. The molecule has 0 atom stereocenters. The first kappa shape index (κ1) is 21.5. The highest BCUT2D eigenvalue weighted by Crippen LogP contribution is 2.35. The lowest BCUT2D eigenvalue weighted by molar-refractivity contribution is 0.102. The van der Waals surface area contributed by atoms with E-state index in [1.807, 2.05) is 6.07 Å². The number of para-hydroxylation sites is 1. The fraction of sp³-hybridized carbons (Fsp3) is 0.0952. The number of benzene rings is 3. The molecule has 2 N–H and O–H groups in total. The first-order valence-corrected chi connectivity index (χ1v) is 10.6. The number of hydrogen-bond acceptors (Lipinski definition) is 5. The predicted molar refractivity (Wildman–Crippen MR) is 116 cm³/mol. The molecular formula is C21H19ClN2O5S. The molecule has 0 spiro atoms. The highest BCUT2D eigenvalue weighted by molar-refractivity contribution is 7.92. The Morgan fingerprint density at radius 2 is 1.50 bits per heavy atom. The topological polar surface area (TPSA) is 93.7 Å². The predicted octanol–water partition coefficient (Wildman–Crippen LogP) is 4.41. The molecule has 0 radical (unpaired) electrons. The van der Waals surface area contributed by atoms with Crippen LogP contribution >= 0.6 is 11.6 Å². The van der Waals surface area contributed by atoms with Crippen LogP contribution in [-0.2, 0) is 10.0 Å². The van der Waals surface area contributed by atoms with Gasteiger partial charge in [0.15, 0.2) is 11.5 Å². The van der Waals surface area contributed by atoms with Crippen LogP contribution in [-0.4, -0.2) is 28.5 Å². The maximum absolute atomic E-state index is 12.9. The van der Waals surface area contributed by atoms with Crippen LogP contribution in [0, 0.1) is 0 Å². The molecule has 30 heavy (non-hydrogen) atoms. The molecule has 7 nitrogen and oxygen atoms in total. The average molecular weight is 447 g/mol. The smallest absolute Gasteiger partial charge is 0.261 e. The summed E-state index contributed by atoms with van der Waals surface area (Å²) in [6.45, 7) is 0. The number of nitrogens with one attached hydrogen (secondary N) is 2. The van der Waals surface area contributed by atoms with E-state index in [0.717, 1.165) is 0 Å². The molecule has 0 aliphatic rings. The molecule has 156 valence electrons. The van der Waals surface area contributed by atoms with E-state index in [9.17, 15) is 13.2 Å². The monoisotopic (exact) mass is 446 g/mol. The summed E-state index contributed by atoms with van der Waals surface area (Å²) in [6, 6.07) is 17.3. The average Bonchev–Trinajstić information content (AvgIpc) is 2.74. The molecular weight excluding hydrogens is 428 g/mol. The molecule has 0 aromatic heterocycles. The van der Waals surface area contributed by atoms with Crippen LogP contribution in [0.3, 0.4) is 0 Å². The van der Waals surface area contributed by atoms with Crippen LogP contribution in [0.15, 0.2) is 71.6 Å². The van der Waals surface area contributed by atoms with Crippen LogP contribution in [0.1, 0.15) is 10.4 Å². The third kappa shape index (κ3) is 4.84. The van der Waals surface area contributed by atoms with Crippen LogP contribution in [0.5, 0.6) is 11.5 Å². The number of halogens is 1. The molecule has 0 saturated carbocycles. The zero-order chi connectivity index (χ0) is 21.7. The summed E-state index contributed by atoms with van der Waals surface area (Å²) in [5.74, 6) is 0.0312. The van der Waals surface area contributed by atoms with Crippen LogP contribution in [0.4, 0.5) is 11.4 Å². The molecule has 0 aliphatic carbocycles. The number of ether oxygens (including phenoxy) is 2. The van der Waals surface area contributed by atoms with Crippen molar-refractivity contribution in [1.82, 2.24) is 0 Å². The van der Waals surface area contributed by atoms with Crippen molar-refractivity contribution >= 4 is 38.9 Å². The van der Waals surface area contributed by atoms with Crippen molar-refractivity contribution in [3.63, 3.8) is 0 Å². The van der Waals surface area contributed by atoms with Crippen molar-refractivity contribution in [3.8, 4) is 11.5 Å². The SMILES string of the molecule is COc1cc(NS(=O)(=O)c2ccc(Cl)cc2)c(C(=O)Nc2ccccc2)cc1OC. The minimum Gasteiger partial charge on any atom is -0.493 e. The van der Waals surface area contributed by atoms with Gasteiger partial charge in [-0.3, -0.25) is 9.52 Å². The number of methoxy groups -OCH3 is 2. The molecule has 0 aliphatic heterocycles. The maximum Gasteiger partial charge on any atom is 0.261 e. The summed E-state index contributed by atoms with van der Waals surface area (Å²) in [5.41, 5.74) is 0.661. The van der Waals surface area contributed by atoms with Crippen molar-refractivity contribution in [1.29, 1.82) is 0 Å². The largest absolute Gasteiger partial charge is 0.493 e. The van der Waals surface area contributed by atoms with E-state index in [-0.39, 0.29) is 27.6 Å². The number of carbonyl (C=O) groups excluding carboxylic acids is 1. The fourth-order valence-electron chi connectivity index (χ4n) is 2.69. The Morgan fingerprint density at radius 1 is 0.900 bits per heavy atom. The van der Waals surface area contributed by atoms with Gasteiger partial charge in [-0.1, -0.05) is 29.8 Å². The highest BCUT2D eigenvalue weighted by atomic mass is 35.5. The van der Waals surface area contributed by atoms with Gasteiger partial charge in [0.1, 0.15) is 0 Å². The van der Waals surface area contributed by atoms with Crippen molar-refractivity contribution in [2.24, 2.45) is 0 Å². The van der Waals surface area contributed by atoms with Gasteiger partial charge in [-0.25, -0.2) is 8.42 Å². The lowest BCUT2D eigenvalue weighted by Crippen LogP contribution is -2.19. The molecule has 0 bridgehead atoms. The van der Waals surface area contributed by atoms with Crippen LogP contribution < -0.4 is 19.5 Å². The molecule has 0 heterocycles. The van der Waals surface area contributed by atoms with Crippen molar-refractivity contribution in [2.75, 3.05) is 24.3 Å². The lowest BCUT2D eigenvalue weighted by Gasteiger charge is -2.16. The Labute approximate surface area is 179 Å². The highest BCUT2D eigenvalue weighted by Gasteiger charge is 2.22. The Bertz CT molecular complexity index is 1150. The summed E-state index contributed by atoms with van der Waals surface area (Å²) in [4.78, 5) is 12.9. The normalized spacial score (nSPS) is 10.9. The van der Waals surface area contributed by atoms with Gasteiger partial charge in [-0.2, -0.15) is 0 Å². The molecule has 1 amide bonds. The lowest BCUT2D eigenvalue weighted by atomic mass is 10.1. The van der Waals surface area contributed by atoms with Gasteiger partial charge < -0.3 is 14.8 Å². The van der Waals surface area contributed by atoms with Gasteiger partial charge in [-0.05, 0) is 42.5 Å². The summed E-state index contributed by atoms with van der Waals surface area (Å²) in [7, 11) is -1.15. The second kappa shape index (κ2) is 9.06. The number of anilines is 2. The third-order valence-corrected chi connectivity index (χ3v) is 5.80. The molecule has 0 fully saturated rings. The minimum atomic E-state index is -3.99. The first-order chi connectivity index (χ1) is 14.3. The summed E-state index contributed by atoms with van der Waals surface area (Å²) in [5, 5.41) is 3.14. The zero-order valence-corrected chi connectivity index (χ0v) is 17.8. The second-order valence-corrected chi connectivity index (χ2v) is 8.25. The van der Waals surface area contributed by atoms with Crippen LogP contribution in [0.2, 0.25) is 5.02 Å². The van der Waals surface area contributed by atoms with Crippen molar-refractivity contribution in [2.45, 2.75) is 4.90 Å². The van der Waals surface area contributed by atoms with Crippen molar-refractivity contribution < 1.29 is 22.7 Å². The number of amides is 1. The second-order valence-electron chi connectivity index (χ2n) is 6.13. The number of carbonyl (C=O) groups is 1.